The molecule has 76 valence electrons. The molecule has 2 aliphatic carbocycles. The molecule has 0 heterocycles. The van der Waals surface area contributed by atoms with Crippen molar-refractivity contribution in [2.45, 2.75) is 44.7 Å². The van der Waals surface area contributed by atoms with E-state index in [1.54, 1.807) is 0 Å². The zero-order valence-corrected chi connectivity index (χ0v) is 10.7. The van der Waals surface area contributed by atoms with Crippen molar-refractivity contribution in [3.05, 3.63) is 0 Å². The SMILES string of the molecule is C[Si](Cl)(Cl)CCC1CC2CCC1C2. The number of hydrogen-bond donors (Lipinski definition) is 0. The Labute approximate surface area is 91.4 Å². The maximum atomic E-state index is 6.12. The second-order valence-corrected chi connectivity index (χ2v) is 13.3. The Bertz CT molecular complexity index is 188. The lowest BCUT2D eigenvalue weighted by atomic mass is 9.87. The van der Waals surface area contributed by atoms with Crippen LogP contribution >= 0.6 is 22.2 Å². The minimum atomic E-state index is -1.81. The van der Waals surface area contributed by atoms with Gasteiger partial charge in [-0.2, -0.15) is 0 Å². The molecule has 0 N–H and O–H groups in total. The molecule has 2 saturated carbocycles. The van der Waals surface area contributed by atoms with Crippen LogP contribution in [0.3, 0.4) is 0 Å². The van der Waals surface area contributed by atoms with E-state index >= 15 is 0 Å². The van der Waals surface area contributed by atoms with Crippen LogP contribution in [0.25, 0.3) is 0 Å². The molecule has 2 rings (SSSR count). The highest BCUT2D eigenvalue weighted by molar-refractivity contribution is 7.44. The standard InChI is InChI=1S/C10H18Cl2Si/c1-13(11,12)5-4-10-7-8-2-3-9(10)6-8/h8-10H,2-7H2,1H3. The van der Waals surface area contributed by atoms with Crippen molar-refractivity contribution in [1.82, 2.24) is 0 Å². The fraction of sp³-hybridized carbons (Fsp3) is 1.00. The topological polar surface area (TPSA) is 0 Å². The molecule has 0 amide bonds. The summed E-state index contributed by atoms with van der Waals surface area (Å²) in [6.45, 7) is 0.237. The van der Waals surface area contributed by atoms with Crippen LogP contribution in [0.1, 0.15) is 32.1 Å². The number of halogens is 2. The van der Waals surface area contributed by atoms with E-state index < -0.39 is 6.69 Å². The van der Waals surface area contributed by atoms with E-state index in [1.807, 2.05) is 6.55 Å². The lowest BCUT2D eigenvalue weighted by Crippen LogP contribution is -2.17. The third-order valence-electron chi connectivity index (χ3n) is 3.84. The van der Waals surface area contributed by atoms with Crippen LogP contribution < -0.4 is 0 Å². The van der Waals surface area contributed by atoms with Crippen LogP contribution in [0, 0.1) is 17.8 Å². The van der Waals surface area contributed by atoms with E-state index in [0.717, 1.165) is 23.8 Å². The predicted octanol–water partition coefficient (Wildman–Crippen LogP) is 4.36. The van der Waals surface area contributed by atoms with Gasteiger partial charge in [-0.3, -0.25) is 0 Å². The zero-order chi connectivity index (χ0) is 9.47. The van der Waals surface area contributed by atoms with Crippen molar-refractivity contribution < 1.29 is 0 Å². The molecular formula is C10H18Cl2Si. The summed E-state index contributed by atoms with van der Waals surface area (Å²) >= 11 is 12.2. The third-order valence-corrected chi connectivity index (χ3v) is 6.14. The van der Waals surface area contributed by atoms with E-state index in [2.05, 4.69) is 0 Å². The molecule has 0 aromatic heterocycles. The summed E-state index contributed by atoms with van der Waals surface area (Å²) < 4.78 is 0. The van der Waals surface area contributed by atoms with Crippen LogP contribution in [-0.2, 0) is 0 Å². The van der Waals surface area contributed by atoms with Crippen LogP contribution in [0.5, 0.6) is 0 Å². The molecule has 0 nitrogen and oxygen atoms in total. The van der Waals surface area contributed by atoms with Gasteiger partial charge in [0, 0.05) is 0 Å². The average Bonchev–Trinajstić information content (AvgIpc) is 2.58. The third kappa shape index (κ3) is 2.63. The monoisotopic (exact) mass is 236 g/mol. The van der Waals surface area contributed by atoms with Gasteiger partial charge in [-0.25, -0.2) is 0 Å². The van der Waals surface area contributed by atoms with Gasteiger partial charge in [0.2, 0.25) is 6.69 Å². The highest BCUT2D eigenvalue weighted by Crippen LogP contribution is 2.50. The average molecular weight is 237 g/mol. The normalized spacial score (nSPS) is 38.5. The first-order valence-electron chi connectivity index (χ1n) is 5.42. The second kappa shape index (κ2) is 3.75. The Morgan fingerprint density at radius 2 is 2.00 bits per heavy atom. The maximum Gasteiger partial charge on any atom is 0.248 e. The van der Waals surface area contributed by atoms with Crippen LogP contribution in [0.15, 0.2) is 0 Å². The lowest BCUT2D eigenvalue weighted by molar-refractivity contribution is 0.324. The van der Waals surface area contributed by atoms with E-state index in [9.17, 15) is 0 Å². The van der Waals surface area contributed by atoms with Gasteiger partial charge in [-0.1, -0.05) is 12.8 Å². The Morgan fingerprint density at radius 3 is 2.46 bits per heavy atom. The molecule has 2 aliphatic rings. The fourth-order valence-corrected chi connectivity index (χ4v) is 4.70. The zero-order valence-electron chi connectivity index (χ0n) is 8.23. The first-order chi connectivity index (χ1) is 6.04. The maximum absolute atomic E-state index is 6.12. The summed E-state index contributed by atoms with van der Waals surface area (Å²) in [5, 5.41) is 0. The van der Waals surface area contributed by atoms with Crippen molar-refractivity contribution in [3.8, 4) is 0 Å². The summed E-state index contributed by atoms with van der Waals surface area (Å²) in [7, 11) is 0. The minimum Gasteiger partial charge on any atom is -0.146 e. The van der Waals surface area contributed by atoms with E-state index in [1.165, 1.54) is 32.1 Å². The first-order valence-corrected chi connectivity index (χ1v) is 10.2. The molecule has 0 radical (unpaired) electrons. The lowest BCUT2D eigenvalue weighted by Gasteiger charge is -2.23. The molecule has 3 heteroatoms. The van der Waals surface area contributed by atoms with Crippen molar-refractivity contribution in [2.24, 2.45) is 17.8 Å². The van der Waals surface area contributed by atoms with Gasteiger partial charge >= 0.3 is 0 Å². The summed E-state index contributed by atoms with van der Waals surface area (Å²) in [5.74, 6) is 3.08. The smallest absolute Gasteiger partial charge is 0.146 e. The minimum absolute atomic E-state index is 0.975. The van der Waals surface area contributed by atoms with E-state index in [4.69, 9.17) is 22.2 Å². The second-order valence-electron chi connectivity index (χ2n) is 5.04. The molecule has 0 aromatic carbocycles. The molecular weight excluding hydrogens is 219 g/mol. The van der Waals surface area contributed by atoms with Gasteiger partial charge in [0.05, 0.1) is 0 Å². The Balaban J connectivity index is 1.78. The summed E-state index contributed by atoms with van der Waals surface area (Å²) in [6, 6.07) is 1.10. The van der Waals surface area contributed by atoms with Crippen molar-refractivity contribution in [3.63, 3.8) is 0 Å². The van der Waals surface area contributed by atoms with Gasteiger partial charge in [0.15, 0.2) is 0 Å². The largest absolute Gasteiger partial charge is 0.248 e. The Hall–Kier alpha value is 0.797. The summed E-state index contributed by atoms with van der Waals surface area (Å²) in [6.07, 6.45) is 7.27. The van der Waals surface area contributed by atoms with Crippen LogP contribution in [0.2, 0.25) is 12.6 Å². The molecule has 0 aliphatic heterocycles. The van der Waals surface area contributed by atoms with Gasteiger partial charge in [0.1, 0.15) is 0 Å². The molecule has 3 unspecified atom stereocenters. The first kappa shape index (κ1) is 10.3. The highest BCUT2D eigenvalue weighted by Gasteiger charge is 2.39. The van der Waals surface area contributed by atoms with Gasteiger partial charge in [-0.15, -0.1) is 22.2 Å². The Morgan fingerprint density at radius 1 is 1.23 bits per heavy atom. The van der Waals surface area contributed by atoms with E-state index in [0.29, 0.717) is 0 Å². The van der Waals surface area contributed by atoms with E-state index in [-0.39, 0.29) is 0 Å². The molecule has 3 atom stereocenters. The fourth-order valence-electron chi connectivity index (χ4n) is 3.17. The molecule has 0 aromatic rings. The molecule has 2 fully saturated rings. The summed E-state index contributed by atoms with van der Waals surface area (Å²) in [5.41, 5.74) is 0. The van der Waals surface area contributed by atoms with Crippen molar-refractivity contribution in [2.75, 3.05) is 0 Å². The predicted molar refractivity (Wildman–Crippen MR) is 61.7 cm³/mol. The summed E-state index contributed by atoms with van der Waals surface area (Å²) in [4.78, 5) is 0. The molecule has 0 saturated heterocycles. The number of hydrogen-bond acceptors (Lipinski definition) is 0. The van der Waals surface area contributed by atoms with Gasteiger partial charge in [-0.05, 0) is 49.6 Å². The Kier molecular flexibility index (Phi) is 2.98. The van der Waals surface area contributed by atoms with Crippen molar-refractivity contribution >= 4 is 28.9 Å². The van der Waals surface area contributed by atoms with Gasteiger partial charge < -0.3 is 0 Å². The van der Waals surface area contributed by atoms with Crippen LogP contribution in [-0.4, -0.2) is 6.69 Å². The van der Waals surface area contributed by atoms with Gasteiger partial charge in [0.25, 0.3) is 0 Å². The van der Waals surface area contributed by atoms with Crippen molar-refractivity contribution in [1.29, 1.82) is 0 Å². The number of fused-ring (bicyclic) bond motifs is 2. The molecule has 2 bridgehead atoms. The quantitative estimate of drug-likeness (QED) is 0.505. The molecule has 13 heavy (non-hydrogen) atoms. The molecule has 0 spiro atoms. The number of rotatable bonds is 3. The van der Waals surface area contributed by atoms with Crippen LogP contribution in [0.4, 0.5) is 0 Å². The highest BCUT2D eigenvalue weighted by atomic mass is 35.7.